The van der Waals surface area contributed by atoms with Crippen LogP contribution in [0, 0.1) is 12.7 Å². The van der Waals surface area contributed by atoms with Gasteiger partial charge < -0.3 is 9.73 Å². The maximum absolute atomic E-state index is 13.9. The lowest BCUT2D eigenvalue weighted by atomic mass is 10.1. The van der Waals surface area contributed by atoms with Gasteiger partial charge in [-0.3, -0.25) is 4.79 Å². The van der Waals surface area contributed by atoms with Gasteiger partial charge in [-0.2, -0.15) is 0 Å². The molecule has 1 heterocycles. The van der Waals surface area contributed by atoms with Gasteiger partial charge in [-0.15, -0.1) is 0 Å². The van der Waals surface area contributed by atoms with E-state index in [-0.39, 0.29) is 22.0 Å². The molecule has 0 aliphatic carbocycles. The van der Waals surface area contributed by atoms with Crippen LogP contribution in [0.15, 0.2) is 63.9 Å². The number of carbonyl (C=O) groups excluding carboxylic acids is 1. The Labute approximate surface area is 162 Å². The number of nitrogens with zero attached hydrogens (tertiary/aromatic N) is 1. The molecule has 0 spiro atoms. The largest absolute Gasteiger partial charge is 0.451 e. The summed E-state index contributed by atoms with van der Waals surface area (Å²) in [6.07, 6.45) is 0. The van der Waals surface area contributed by atoms with E-state index in [4.69, 9.17) is 4.42 Å². The average molecular weight is 402 g/mol. The Bertz CT molecular complexity index is 1140. The highest BCUT2D eigenvalue weighted by atomic mass is 32.2. The predicted octanol–water partition coefficient (Wildman–Crippen LogP) is 3.90. The van der Waals surface area contributed by atoms with Gasteiger partial charge in [0.25, 0.3) is 5.91 Å². The zero-order valence-electron chi connectivity index (χ0n) is 15.6. The summed E-state index contributed by atoms with van der Waals surface area (Å²) in [6, 6.07) is 13.6. The fourth-order valence-electron chi connectivity index (χ4n) is 2.61. The minimum Gasteiger partial charge on any atom is -0.451 e. The molecule has 0 saturated carbocycles. The molecule has 28 heavy (non-hydrogen) atoms. The van der Waals surface area contributed by atoms with Crippen LogP contribution in [0.5, 0.6) is 0 Å². The standard InChI is InChI=1S/C20H19FN2O4S/c1-13-8-9-14(12-19(13)28(25,26)23(2)3)22-20(24)18-11-10-17(27-18)15-6-4-5-7-16(15)21/h4-12H,1-3H3,(H,22,24). The summed E-state index contributed by atoms with van der Waals surface area (Å²) in [4.78, 5) is 12.6. The minimum atomic E-state index is -3.65. The van der Waals surface area contributed by atoms with E-state index in [9.17, 15) is 17.6 Å². The van der Waals surface area contributed by atoms with Crippen molar-refractivity contribution in [1.82, 2.24) is 4.31 Å². The first kappa shape index (κ1) is 19.8. The summed E-state index contributed by atoms with van der Waals surface area (Å²) >= 11 is 0. The van der Waals surface area contributed by atoms with Crippen LogP contribution in [0.1, 0.15) is 16.1 Å². The maximum Gasteiger partial charge on any atom is 0.291 e. The van der Waals surface area contributed by atoms with Gasteiger partial charge in [0.2, 0.25) is 10.0 Å². The highest BCUT2D eigenvalue weighted by Crippen LogP contribution is 2.26. The molecule has 1 aromatic heterocycles. The lowest BCUT2D eigenvalue weighted by Crippen LogP contribution is -2.23. The highest BCUT2D eigenvalue weighted by molar-refractivity contribution is 7.89. The van der Waals surface area contributed by atoms with E-state index in [0.29, 0.717) is 11.3 Å². The summed E-state index contributed by atoms with van der Waals surface area (Å²) in [5.74, 6) is -0.820. The first-order valence-electron chi connectivity index (χ1n) is 8.39. The number of aryl methyl sites for hydroxylation is 1. The molecule has 146 valence electrons. The number of benzene rings is 2. The number of halogens is 1. The normalized spacial score (nSPS) is 11.6. The van der Waals surface area contributed by atoms with Crippen LogP contribution in [0.4, 0.5) is 10.1 Å². The van der Waals surface area contributed by atoms with Gasteiger partial charge in [0.05, 0.1) is 10.5 Å². The Balaban J connectivity index is 1.86. The van der Waals surface area contributed by atoms with Crippen molar-refractivity contribution in [2.24, 2.45) is 0 Å². The van der Waals surface area contributed by atoms with Crippen LogP contribution in [-0.4, -0.2) is 32.7 Å². The van der Waals surface area contributed by atoms with Gasteiger partial charge in [0.1, 0.15) is 11.6 Å². The third kappa shape index (κ3) is 3.83. The van der Waals surface area contributed by atoms with Crippen molar-refractivity contribution in [3.8, 4) is 11.3 Å². The Morgan fingerprint density at radius 2 is 1.79 bits per heavy atom. The monoisotopic (exact) mass is 402 g/mol. The predicted molar refractivity (Wildman–Crippen MR) is 104 cm³/mol. The quantitative estimate of drug-likeness (QED) is 0.702. The van der Waals surface area contributed by atoms with Crippen LogP contribution in [0.3, 0.4) is 0 Å². The number of furan rings is 1. The first-order valence-corrected chi connectivity index (χ1v) is 9.83. The number of rotatable bonds is 5. The Morgan fingerprint density at radius 3 is 2.46 bits per heavy atom. The molecule has 0 atom stereocenters. The molecule has 0 radical (unpaired) electrons. The molecule has 3 rings (SSSR count). The number of hydrogen-bond donors (Lipinski definition) is 1. The van der Waals surface area contributed by atoms with Crippen molar-refractivity contribution >= 4 is 21.6 Å². The van der Waals surface area contributed by atoms with E-state index in [2.05, 4.69) is 5.32 Å². The van der Waals surface area contributed by atoms with Crippen LogP contribution >= 0.6 is 0 Å². The second-order valence-corrected chi connectivity index (χ2v) is 8.49. The molecule has 2 aromatic carbocycles. The second kappa shape index (κ2) is 7.57. The van der Waals surface area contributed by atoms with Crippen LogP contribution in [0.2, 0.25) is 0 Å². The molecule has 3 aromatic rings. The molecule has 8 heteroatoms. The fourth-order valence-corrected chi connectivity index (χ4v) is 3.76. The van der Waals surface area contributed by atoms with Crippen molar-refractivity contribution in [2.45, 2.75) is 11.8 Å². The number of hydrogen-bond acceptors (Lipinski definition) is 4. The van der Waals surface area contributed by atoms with Crippen molar-refractivity contribution in [2.75, 3.05) is 19.4 Å². The fraction of sp³-hybridized carbons (Fsp3) is 0.150. The molecule has 0 unspecified atom stereocenters. The smallest absolute Gasteiger partial charge is 0.291 e. The molecule has 1 N–H and O–H groups in total. The summed E-state index contributed by atoms with van der Waals surface area (Å²) in [5.41, 5.74) is 1.11. The SMILES string of the molecule is Cc1ccc(NC(=O)c2ccc(-c3ccccc3F)o2)cc1S(=O)(=O)N(C)C. The van der Waals surface area contributed by atoms with Crippen molar-refractivity contribution < 1.29 is 22.0 Å². The minimum absolute atomic E-state index is 0.0177. The zero-order valence-corrected chi connectivity index (χ0v) is 16.4. The molecule has 6 nitrogen and oxygen atoms in total. The number of anilines is 1. The van der Waals surface area contributed by atoms with Gasteiger partial charge in [-0.05, 0) is 48.9 Å². The van der Waals surface area contributed by atoms with Gasteiger partial charge in [0.15, 0.2) is 5.76 Å². The van der Waals surface area contributed by atoms with Crippen LogP contribution in [0.25, 0.3) is 11.3 Å². The lowest BCUT2D eigenvalue weighted by molar-refractivity contribution is 0.0997. The zero-order chi connectivity index (χ0) is 20.5. The number of carbonyl (C=O) groups is 1. The van der Waals surface area contributed by atoms with Gasteiger partial charge in [-0.1, -0.05) is 18.2 Å². The van der Waals surface area contributed by atoms with Gasteiger partial charge in [-0.25, -0.2) is 17.1 Å². The van der Waals surface area contributed by atoms with E-state index in [1.54, 1.807) is 37.3 Å². The summed E-state index contributed by atoms with van der Waals surface area (Å²) in [6.45, 7) is 1.68. The molecular formula is C20H19FN2O4S. The summed E-state index contributed by atoms with van der Waals surface area (Å²) < 4.78 is 45.3. The third-order valence-electron chi connectivity index (χ3n) is 4.17. The highest BCUT2D eigenvalue weighted by Gasteiger charge is 2.21. The summed E-state index contributed by atoms with van der Waals surface area (Å²) in [5, 5.41) is 2.61. The van der Waals surface area contributed by atoms with E-state index >= 15 is 0 Å². The van der Waals surface area contributed by atoms with E-state index in [1.807, 2.05) is 0 Å². The molecule has 0 bridgehead atoms. The number of nitrogens with one attached hydrogen (secondary N) is 1. The van der Waals surface area contributed by atoms with E-state index < -0.39 is 21.7 Å². The average Bonchev–Trinajstić information content (AvgIpc) is 3.13. The van der Waals surface area contributed by atoms with Crippen molar-refractivity contribution in [1.29, 1.82) is 0 Å². The molecular weight excluding hydrogens is 383 g/mol. The third-order valence-corrected chi connectivity index (χ3v) is 6.13. The topological polar surface area (TPSA) is 79.6 Å². The Hall–Kier alpha value is -2.97. The molecule has 0 fully saturated rings. The van der Waals surface area contributed by atoms with Gasteiger partial charge >= 0.3 is 0 Å². The molecule has 0 aliphatic heterocycles. The van der Waals surface area contributed by atoms with Crippen molar-refractivity contribution in [3.05, 3.63) is 71.7 Å². The number of sulfonamides is 1. The lowest BCUT2D eigenvalue weighted by Gasteiger charge is -2.15. The maximum atomic E-state index is 13.9. The van der Waals surface area contributed by atoms with E-state index in [1.165, 1.54) is 38.4 Å². The summed E-state index contributed by atoms with van der Waals surface area (Å²) in [7, 11) is -0.775. The van der Waals surface area contributed by atoms with Crippen LogP contribution in [-0.2, 0) is 10.0 Å². The molecule has 1 amide bonds. The Kier molecular flexibility index (Phi) is 5.35. The van der Waals surface area contributed by atoms with Gasteiger partial charge in [0, 0.05) is 19.8 Å². The van der Waals surface area contributed by atoms with Crippen LogP contribution < -0.4 is 5.32 Å². The van der Waals surface area contributed by atoms with Crippen molar-refractivity contribution in [3.63, 3.8) is 0 Å². The molecule has 0 aliphatic rings. The first-order chi connectivity index (χ1) is 13.2. The molecule has 0 saturated heterocycles. The Morgan fingerprint density at radius 1 is 1.07 bits per heavy atom. The van der Waals surface area contributed by atoms with E-state index in [0.717, 1.165) is 4.31 Å². The second-order valence-electron chi connectivity index (χ2n) is 6.37. The number of amides is 1.